The Bertz CT molecular complexity index is 859. The minimum Gasteiger partial charge on any atom is -0.550 e. The van der Waals surface area contributed by atoms with Gasteiger partial charge >= 0.3 is 0 Å². The minimum absolute atomic E-state index is 0.147. The van der Waals surface area contributed by atoms with Gasteiger partial charge in [0.25, 0.3) is 0 Å². The van der Waals surface area contributed by atoms with Crippen LogP contribution in [0.4, 0.5) is 0 Å². The van der Waals surface area contributed by atoms with Crippen LogP contribution in [0, 0.1) is 5.92 Å². The van der Waals surface area contributed by atoms with Gasteiger partial charge in [-0.05, 0) is 70.7 Å². The third-order valence-electron chi connectivity index (χ3n) is 7.91. The number of amides is 1. The number of allylic oxidation sites excluding steroid dienone is 1. The number of carboxylic acid groups (broad SMARTS) is 2. The molecule has 12 nitrogen and oxygen atoms in total. The van der Waals surface area contributed by atoms with Gasteiger partial charge in [-0.15, -0.1) is 11.8 Å². The molecule has 0 bridgehead atoms. The molecule has 250 valence electrons. The highest BCUT2D eigenvalue weighted by Gasteiger charge is 2.48. The third kappa shape index (κ3) is 14.3. The number of rotatable bonds is 17. The van der Waals surface area contributed by atoms with Gasteiger partial charge in [0.15, 0.2) is 0 Å². The second-order valence-electron chi connectivity index (χ2n) is 11.6. The number of nitrogens with zero attached hydrogens (tertiary/aromatic N) is 1. The number of likely N-dealkylation sites (N-methyl/N-ethyl adjacent to an activating group) is 1. The van der Waals surface area contributed by atoms with Gasteiger partial charge in [-0.2, -0.15) is 0 Å². The summed E-state index contributed by atoms with van der Waals surface area (Å²) in [6.45, 7) is 4.48. The van der Waals surface area contributed by atoms with E-state index in [0.717, 1.165) is 70.4 Å². The zero-order valence-corrected chi connectivity index (χ0v) is 26.7. The van der Waals surface area contributed by atoms with E-state index in [4.69, 9.17) is 4.74 Å². The average molecular weight is 633 g/mol. The van der Waals surface area contributed by atoms with Crippen molar-refractivity contribution in [3.8, 4) is 0 Å². The number of aliphatic hydroxyl groups is 4. The Morgan fingerprint density at radius 3 is 2.23 bits per heavy atom. The molecule has 0 unspecified atom stereocenters. The molecule has 0 spiro atoms. The molecule has 0 aromatic carbocycles. The maximum Gasteiger partial charge on any atom is 0.237 e. The molecule has 0 aromatic heterocycles. The first-order chi connectivity index (χ1) is 20.3. The van der Waals surface area contributed by atoms with E-state index in [1.165, 1.54) is 18.7 Å². The quantitative estimate of drug-likeness (QED) is 0.0999. The molecule has 1 amide bonds. The lowest BCUT2D eigenvalue weighted by atomic mass is 9.92. The summed E-state index contributed by atoms with van der Waals surface area (Å²) in [4.78, 5) is 35.0. The number of carbonyl (C=O) groups excluding carboxylic acids is 3. The van der Waals surface area contributed by atoms with E-state index in [0.29, 0.717) is 12.3 Å². The van der Waals surface area contributed by atoms with Crippen LogP contribution in [0.3, 0.4) is 0 Å². The molecule has 0 aromatic rings. The molecule has 2 heterocycles. The molecule has 2 fully saturated rings. The van der Waals surface area contributed by atoms with E-state index in [2.05, 4.69) is 12.2 Å². The molecule has 2 rings (SSSR count). The molecule has 0 aliphatic carbocycles. The fourth-order valence-electron chi connectivity index (χ4n) is 5.55. The van der Waals surface area contributed by atoms with Crippen molar-refractivity contribution in [2.24, 2.45) is 5.92 Å². The number of nitrogens with one attached hydrogen (secondary N) is 1. The average Bonchev–Trinajstić information content (AvgIpc) is 3.32. The summed E-state index contributed by atoms with van der Waals surface area (Å²) >= 11 is 1.20. The molecular weight excluding hydrogens is 580 g/mol. The van der Waals surface area contributed by atoms with Crippen molar-refractivity contribution in [2.45, 2.75) is 133 Å². The van der Waals surface area contributed by atoms with Crippen LogP contribution in [0.25, 0.3) is 0 Å². The lowest BCUT2D eigenvalue weighted by Crippen LogP contribution is -2.65. The van der Waals surface area contributed by atoms with Crippen molar-refractivity contribution in [2.75, 3.05) is 19.8 Å². The van der Waals surface area contributed by atoms with Crippen LogP contribution >= 0.6 is 11.8 Å². The maximum absolute atomic E-state index is 12.8. The van der Waals surface area contributed by atoms with E-state index in [1.54, 1.807) is 12.3 Å². The molecule has 43 heavy (non-hydrogen) atoms. The number of unbranched alkanes of at least 4 members (excludes halogenated alkanes) is 6. The largest absolute Gasteiger partial charge is 0.550 e. The SMILES string of the molecule is CCC[C@@H]1C[C@@H](C(=O)N[C@@H]([C@H]2O[C@H](SC)[C@H](O)[C@@H](O)[C@H]2O)[C@@H](C)O)N(C)C1.O=C([O-])/C=C/CCCCCCCCC(=O)[O-]. The molecule has 2 aliphatic heterocycles. The van der Waals surface area contributed by atoms with Gasteiger partial charge in [-0.1, -0.05) is 45.1 Å². The van der Waals surface area contributed by atoms with Crippen LogP contribution in [0.1, 0.15) is 84.5 Å². The first kappa shape index (κ1) is 39.3. The third-order valence-corrected chi connectivity index (χ3v) is 8.77. The van der Waals surface area contributed by atoms with Crippen molar-refractivity contribution in [1.29, 1.82) is 0 Å². The maximum atomic E-state index is 12.8. The topological polar surface area (TPSA) is 203 Å². The molecule has 5 N–H and O–H groups in total. The van der Waals surface area contributed by atoms with Crippen molar-refractivity contribution in [3.05, 3.63) is 12.2 Å². The van der Waals surface area contributed by atoms with E-state index in [-0.39, 0.29) is 18.4 Å². The van der Waals surface area contributed by atoms with Gasteiger partial charge in [0.1, 0.15) is 29.9 Å². The smallest absolute Gasteiger partial charge is 0.237 e. The molecule has 2 saturated heterocycles. The summed E-state index contributed by atoms with van der Waals surface area (Å²) in [5.41, 5.74) is -0.755. The molecular formula is C30H52N2O10S-2. The molecule has 0 saturated carbocycles. The fourth-order valence-corrected chi connectivity index (χ4v) is 6.23. The van der Waals surface area contributed by atoms with Gasteiger partial charge in [-0.25, -0.2) is 0 Å². The monoisotopic (exact) mass is 632 g/mol. The Morgan fingerprint density at radius 2 is 1.67 bits per heavy atom. The first-order valence-electron chi connectivity index (χ1n) is 15.3. The highest BCUT2D eigenvalue weighted by molar-refractivity contribution is 7.99. The molecule has 9 atom stereocenters. The van der Waals surface area contributed by atoms with Crippen molar-refractivity contribution < 1.29 is 49.8 Å². The van der Waals surface area contributed by atoms with Crippen molar-refractivity contribution in [1.82, 2.24) is 10.2 Å². The Morgan fingerprint density at radius 1 is 1.05 bits per heavy atom. The summed E-state index contributed by atoms with van der Waals surface area (Å²) in [6.07, 6.45) is 7.77. The van der Waals surface area contributed by atoms with Gasteiger partial charge in [0.05, 0.1) is 24.2 Å². The number of thioether (sulfide) groups is 1. The number of carboxylic acids is 2. The number of ether oxygens (including phenoxy) is 1. The van der Waals surface area contributed by atoms with E-state index in [1.807, 2.05) is 11.9 Å². The summed E-state index contributed by atoms with van der Waals surface area (Å²) in [5, 5.41) is 63.6. The number of aliphatic carboxylic acids is 2. The minimum atomic E-state index is -1.42. The first-order valence-corrected chi connectivity index (χ1v) is 16.6. The lowest BCUT2D eigenvalue weighted by Gasteiger charge is -2.44. The Kier molecular flexibility index (Phi) is 19.3. The van der Waals surface area contributed by atoms with Gasteiger partial charge < -0.3 is 50.3 Å². The van der Waals surface area contributed by atoms with E-state index in [9.17, 15) is 45.0 Å². The zero-order valence-electron chi connectivity index (χ0n) is 25.9. The van der Waals surface area contributed by atoms with Crippen molar-refractivity contribution in [3.63, 3.8) is 0 Å². The normalized spacial score (nSPS) is 29.1. The highest BCUT2D eigenvalue weighted by atomic mass is 32.2. The van der Waals surface area contributed by atoms with Crippen LogP contribution in [0.5, 0.6) is 0 Å². The second-order valence-corrected chi connectivity index (χ2v) is 12.5. The Labute approximate surface area is 259 Å². The number of likely N-dealkylation sites (tertiary alicyclic amines) is 1. The van der Waals surface area contributed by atoms with E-state index >= 15 is 0 Å². The van der Waals surface area contributed by atoms with Gasteiger partial charge in [0, 0.05) is 12.5 Å². The number of carbonyl (C=O) groups is 3. The van der Waals surface area contributed by atoms with Crippen molar-refractivity contribution >= 4 is 29.6 Å². The number of hydrogen-bond acceptors (Lipinski definition) is 12. The molecule has 13 heteroatoms. The summed E-state index contributed by atoms with van der Waals surface area (Å²) < 4.78 is 5.72. The van der Waals surface area contributed by atoms with Crippen LogP contribution < -0.4 is 15.5 Å². The van der Waals surface area contributed by atoms with Gasteiger partial charge in [-0.3, -0.25) is 9.69 Å². The predicted molar refractivity (Wildman–Crippen MR) is 159 cm³/mol. The zero-order chi connectivity index (χ0) is 32.5. The summed E-state index contributed by atoms with van der Waals surface area (Å²) in [6, 6.07) is -1.20. The summed E-state index contributed by atoms with van der Waals surface area (Å²) in [7, 11) is 1.91. The van der Waals surface area contributed by atoms with Crippen LogP contribution in [0.2, 0.25) is 0 Å². The lowest BCUT2D eigenvalue weighted by molar-refractivity contribution is -0.306. The summed E-state index contributed by atoms with van der Waals surface area (Å²) in [5.74, 6) is -1.89. The van der Waals surface area contributed by atoms with Crippen LogP contribution in [-0.4, -0.2) is 111 Å². The number of hydrogen-bond donors (Lipinski definition) is 5. The molecule has 2 aliphatic rings. The highest BCUT2D eigenvalue weighted by Crippen LogP contribution is 2.30. The van der Waals surface area contributed by atoms with Crippen LogP contribution in [-0.2, 0) is 19.1 Å². The predicted octanol–water partition coefficient (Wildman–Crippen LogP) is -0.694. The van der Waals surface area contributed by atoms with E-state index < -0.39 is 53.9 Å². The second kappa shape index (κ2) is 21.1. The Hall–Kier alpha value is -1.74. The molecule has 0 radical (unpaired) electrons. The standard InChI is InChI=1S/C18H34N2O6S.C12H20O4/c1-5-6-10-7-11(20(3)8-10)17(25)19-12(9(2)21)16-14(23)13(22)15(24)18(26-16)27-4;13-11(14)9-7-5-3-1-2-4-6-8-10-12(15)16/h9-16,18,21-24H,5-8H2,1-4H3,(H,19,25);7,9H,1-6,8,10H2,(H,13,14)(H,15,16)/p-2/b;9-7+/t9-,10-,11+,12-,13+,14-,15-,16-,18-;/m1./s1. The Balaban J connectivity index is 0.000000496. The van der Waals surface area contributed by atoms with Gasteiger partial charge in [0.2, 0.25) is 5.91 Å². The fraction of sp³-hybridized carbons (Fsp3) is 0.833. The number of aliphatic hydroxyl groups excluding tert-OH is 4. The van der Waals surface area contributed by atoms with Crippen LogP contribution in [0.15, 0.2) is 12.2 Å².